The summed E-state index contributed by atoms with van der Waals surface area (Å²) in [6, 6.07) is 58.3. The molecule has 0 atom stereocenters. The number of fused-ring (bicyclic) bond motifs is 3. The van der Waals surface area contributed by atoms with Gasteiger partial charge in [-0.25, -0.2) is 0 Å². The second-order valence-electron chi connectivity index (χ2n) is 12.4. The van der Waals surface area contributed by atoms with Gasteiger partial charge >= 0.3 is 0 Å². The van der Waals surface area contributed by atoms with E-state index in [4.69, 9.17) is 0 Å². The Labute approximate surface area is 340 Å². The molecule has 0 aliphatic rings. The maximum absolute atomic E-state index is 2.38. The fraction of sp³-hybridized carbons (Fsp3) is 0.250. The van der Waals surface area contributed by atoms with E-state index >= 15 is 0 Å². The van der Waals surface area contributed by atoms with Crippen molar-refractivity contribution in [3.8, 4) is 44.5 Å². The summed E-state index contributed by atoms with van der Waals surface area (Å²) in [5.41, 5.74) is 13.0. The van der Waals surface area contributed by atoms with Gasteiger partial charge in [-0.2, -0.15) is 0 Å². The van der Waals surface area contributed by atoms with Gasteiger partial charge in [-0.1, -0.05) is 228 Å². The van der Waals surface area contributed by atoms with Crippen molar-refractivity contribution < 1.29 is 0 Å². The van der Waals surface area contributed by atoms with Gasteiger partial charge in [0.15, 0.2) is 0 Å². The Morgan fingerprint density at radius 1 is 0.339 bits per heavy atom. The second-order valence-corrected chi connectivity index (χ2v) is 12.4. The molecule has 0 N–H and O–H groups in total. The molecule has 0 aliphatic heterocycles. The van der Waals surface area contributed by atoms with E-state index in [0.29, 0.717) is 0 Å². The fourth-order valence-corrected chi connectivity index (χ4v) is 7.29. The van der Waals surface area contributed by atoms with E-state index in [1.54, 1.807) is 0 Å². The summed E-state index contributed by atoms with van der Waals surface area (Å²) < 4.78 is 0. The van der Waals surface area contributed by atoms with E-state index in [2.05, 4.69) is 172 Å². The minimum atomic E-state index is 1.09. The van der Waals surface area contributed by atoms with Crippen LogP contribution >= 0.6 is 0 Å². The lowest BCUT2D eigenvalue weighted by atomic mass is 9.85. The third-order valence-electron chi connectivity index (χ3n) is 9.54. The van der Waals surface area contributed by atoms with Crippen LogP contribution in [0.2, 0.25) is 0 Å². The van der Waals surface area contributed by atoms with Crippen molar-refractivity contribution in [1.29, 1.82) is 0 Å². The predicted molar refractivity (Wildman–Crippen MR) is 256 cm³/mol. The standard InChI is InChI=1S/C46H36.5C2H6/c1-3-12-34-14-6-7-16-39(34)44-30-37(22-21-31(44)2)33-23-26-35(27-24-33)45-40-17-8-10-19-42(40)46(43-20-11-9-18-41(43)45)38-28-25-32-13-4-5-15-36(32)29-38;5*1-2/h4-11,13-30H,3,12H2,1-2H3;5*1-2H3. The summed E-state index contributed by atoms with van der Waals surface area (Å²) >= 11 is 0. The van der Waals surface area contributed by atoms with E-state index in [1.807, 2.05) is 69.2 Å². The number of hydrogen-bond acceptors (Lipinski definition) is 0. The van der Waals surface area contributed by atoms with Crippen LogP contribution in [0.1, 0.15) is 93.7 Å². The highest BCUT2D eigenvalue weighted by atomic mass is 14.2. The second kappa shape index (κ2) is 23.5. The lowest BCUT2D eigenvalue weighted by Gasteiger charge is -2.18. The molecule has 0 aliphatic carbocycles. The largest absolute Gasteiger partial charge is 0.0683 e. The first-order valence-corrected chi connectivity index (χ1v) is 21.4. The zero-order valence-electron chi connectivity index (χ0n) is 36.4. The van der Waals surface area contributed by atoms with E-state index in [0.717, 1.165) is 12.8 Å². The molecule has 0 unspecified atom stereocenters. The summed E-state index contributed by atoms with van der Waals surface area (Å²) in [5, 5.41) is 7.65. The molecule has 0 heteroatoms. The number of rotatable bonds is 6. The van der Waals surface area contributed by atoms with Crippen molar-refractivity contribution in [2.24, 2.45) is 0 Å². The maximum Gasteiger partial charge on any atom is -0.00262 e. The Bertz CT molecular complexity index is 2320. The molecule has 8 aromatic carbocycles. The molecule has 0 bridgehead atoms. The molecule has 0 fully saturated rings. The van der Waals surface area contributed by atoms with Gasteiger partial charge in [-0.15, -0.1) is 0 Å². The predicted octanol–water partition coefficient (Wildman–Crippen LogP) is 18.2. The minimum Gasteiger partial charge on any atom is -0.0683 e. The van der Waals surface area contributed by atoms with Crippen LogP contribution in [-0.2, 0) is 6.42 Å². The van der Waals surface area contributed by atoms with Crippen molar-refractivity contribution in [3.63, 3.8) is 0 Å². The Balaban J connectivity index is 0.000000782. The highest BCUT2D eigenvalue weighted by Crippen LogP contribution is 2.44. The number of aryl methyl sites for hydroxylation is 2. The summed E-state index contributed by atoms with van der Waals surface area (Å²) in [6.07, 6.45) is 2.24. The molecule has 0 saturated carbocycles. The minimum absolute atomic E-state index is 1.09. The van der Waals surface area contributed by atoms with Crippen molar-refractivity contribution in [2.75, 3.05) is 0 Å². The van der Waals surface area contributed by atoms with Crippen molar-refractivity contribution >= 4 is 32.3 Å². The molecule has 0 radical (unpaired) electrons. The quantitative estimate of drug-likeness (QED) is 0.149. The van der Waals surface area contributed by atoms with Gasteiger partial charge in [-0.05, 0) is 113 Å². The highest BCUT2D eigenvalue weighted by Gasteiger charge is 2.17. The molecule has 8 rings (SSSR count). The van der Waals surface area contributed by atoms with Gasteiger partial charge in [0.25, 0.3) is 0 Å². The number of benzene rings is 8. The Kier molecular flexibility index (Phi) is 18.8. The van der Waals surface area contributed by atoms with Crippen molar-refractivity contribution in [2.45, 2.75) is 95.9 Å². The van der Waals surface area contributed by atoms with Crippen LogP contribution in [-0.4, -0.2) is 0 Å². The number of hydrogen-bond donors (Lipinski definition) is 0. The third-order valence-corrected chi connectivity index (χ3v) is 9.54. The van der Waals surface area contributed by atoms with Gasteiger partial charge in [0.2, 0.25) is 0 Å². The zero-order chi connectivity index (χ0) is 41.0. The van der Waals surface area contributed by atoms with Gasteiger partial charge in [0.05, 0.1) is 0 Å². The van der Waals surface area contributed by atoms with E-state index < -0.39 is 0 Å². The van der Waals surface area contributed by atoms with Gasteiger partial charge in [-0.3, -0.25) is 0 Å². The smallest absolute Gasteiger partial charge is 0.00262 e. The molecule has 0 aromatic heterocycles. The summed E-state index contributed by atoms with van der Waals surface area (Å²) in [4.78, 5) is 0. The Morgan fingerprint density at radius 3 is 1.32 bits per heavy atom. The van der Waals surface area contributed by atoms with Gasteiger partial charge < -0.3 is 0 Å². The molecule has 56 heavy (non-hydrogen) atoms. The fourth-order valence-electron chi connectivity index (χ4n) is 7.29. The first-order valence-electron chi connectivity index (χ1n) is 21.4. The van der Waals surface area contributed by atoms with Crippen LogP contribution in [0.4, 0.5) is 0 Å². The van der Waals surface area contributed by atoms with Gasteiger partial charge in [0, 0.05) is 0 Å². The van der Waals surface area contributed by atoms with Crippen LogP contribution in [0.3, 0.4) is 0 Å². The normalized spacial score (nSPS) is 9.93. The Morgan fingerprint density at radius 2 is 0.768 bits per heavy atom. The summed E-state index contributed by atoms with van der Waals surface area (Å²) in [6.45, 7) is 24.5. The summed E-state index contributed by atoms with van der Waals surface area (Å²) in [5.74, 6) is 0. The lowest BCUT2D eigenvalue weighted by Crippen LogP contribution is -1.92. The summed E-state index contributed by atoms with van der Waals surface area (Å²) in [7, 11) is 0. The molecule has 8 aromatic rings. The topological polar surface area (TPSA) is 0 Å². The van der Waals surface area contributed by atoms with Crippen LogP contribution < -0.4 is 0 Å². The molecule has 0 heterocycles. The SMILES string of the molecule is CC.CC.CC.CC.CC.CCCc1ccccc1-c1cc(-c2ccc(-c3c4ccccc4c(-c4ccc5ccccc5c4)c4ccccc34)cc2)ccc1C. The van der Waals surface area contributed by atoms with Crippen molar-refractivity contribution in [3.05, 3.63) is 169 Å². The average Bonchev–Trinajstić information content (AvgIpc) is 3.29. The van der Waals surface area contributed by atoms with E-state index in [1.165, 1.54) is 88.0 Å². The van der Waals surface area contributed by atoms with Crippen LogP contribution in [0.5, 0.6) is 0 Å². The average molecular weight is 739 g/mol. The lowest BCUT2D eigenvalue weighted by molar-refractivity contribution is 0.923. The van der Waals surface area contributed by atoms with E-state index in [-0.39, 0.29) is 0 Å². The third kappa shape index (κ3) is 9.85. The molecule has 0 saturated heterocycles. The highest BCUT2D eigenvalue weighted by molar-refractivity contribution is 6.21. The molecular formula is C56H66. The van der Waals surface area contributed by atoms with Crippen LogP contribution in [0.15, 0.2) is 158 Å². The van der Waals surface area contributed by atoms with E-state index in [9.17, 15) is 0 Å². The molecular weight excluding hydrogens is 673 g/mol. The molecule has 0 nitrogen and oxygen atoms in total. The van der Waals surface area contributed by atoms with Crippen LogP contribution in [0.25, 0.3) is 76.8 Å². The first-order chi connectivity index (χ1) is 27.7. The van der Waals surface area contributed by atoms with Crippen molar-refractivity contribution in [1.82, 2.24) is 0 Å². The maximum atomic E-state index is 2.38. The molecule has 0 spiro atoms. The first kappa shape index (κ1) is 44.9. The monoisotopic (exact) mass is 739 g/mol. The zero-order valence-corrected chi connectivity index (χ0v) is 36.4. The van der Waals surface area contributed by atoms with Gasteiger partial charge in [0.1, 0.15) is 0 Å². The Hall–Kier alpha value is -5.46. The van der Waals surface area contributed by atoms with Crippen LogP contribution in [0, 0.1) is 6.92 Å². The molecule has 290 valence electrons. The molecule has 0 amide bonds.